The molecule has 4 fully saturated rings. The molecule has 9 nitrogen and oxygen atoms in total. The summed E-state index contributed by atoms with van der Waals surface area (Å²) in [5.41, 5.74) is 1.42. The van der Waals surface area contributed by atoms with E-state index in [4.69, 9.17) is 19.4 Å². The molecule has 2 bridgehead atoms. The van der Waals surface area contributed by atoms with Crippen LogP contribution < -0.4 is 15.0 Å². The minimum atomic E-state index is -4.56. The molecule has 1 aromatic carbocycles. The zero-order chi connectivity index (χ0) is 31.1. The first kappa shape index (κ1) is 29.4. The third kappa shape index (κ3) is 5.44. The Kier molecular flexibility index (Phi) is 6.85. The number of aryl methyl sites for hydroxylation is 1. The molecule has 2 N–H and O–H groups in total. The van der Waals surface area contributed by atoms with Gasteiger partial charge in [0.2, 0.25) is 0 Å². The number of halogens is 4. The van der Waals surface area contributed by atoms with Gasteiger partial charge >= 0.3 is 12.2 Å². The van der Waals surface area contributed by atoms with Gasteiger partial charge in [-0.25, -0.2) is 4.39 Å². The normalized spacial score (nSPS) is 29.4. The Morgan fingerprint density at radius 2 is 2.00 bits per heavy atom. The molecular weight excluding hydrogens is 590 g/mol. The van der Waals surface area contributed by atoms with Crippen LogP contribution in [0.3, 0.4) is 0 Å². The third-order valence-electron chi connectivity index (χ3n) is 10.6. The van der Waals surface area contributed by atoms with Crippen molar-refractivity contribution < 1.29 is 27.0 Å². The van der Waals surface area contributed by atoms with Crippen molar-refractivity contribution >= 4 is 16.7 Å². The molecule has 3 saturated heterocycles. The first-order valence-corrected chi connectivity index (χ1v) is 16.0. The third-order valence-corrected chi connectivity index (χ3v) is 10.6. The highest BCUT2D eigenvalue weighted by molar-refractivity contribution is 5.85. The number of piperazine rings is 1. The number of aromatic amines is 1. The van der Waals surface area contributed by atoms with Crippen LogP contribution in [0.4, 0.5) is 23.4 Å². The highest BCUT2D eigenvalue weighted by atomic mass is 19.4. The standard InChI is InChI=1S/C32H39F4N7O2/c1-18-9-24-21(11-37-41-24)26(27(18)32(34,35)36)25-10-23-22(14-44-25)28(43-13-20-3-5-30(2,15-43)40-20)39-29(38-23)45-17-31(6-7-31)16-42-8-4-19(33)12-42/h9,11,19-20,25,40H,3-8,10,12-17H2,1-2H3,(H,37,41)/t19-,20-,25?,30+/m1/s1. The smallest absolute Gasteiger partial charge is 0.417 e. The van der Waals surface area contributed by atoms with E-state index >= 15 is 0 Å². The Hall–Kier alpha value is -3.03. The predicted molar refractivity (Wildman–Crippen MR) is 159 cm³/mol. The fraction of sp³-hybridized carbons (Fsp3) is 0.656. The molecule has 5 aliphatic rings. The van der Waals surface area contributed by atoms with E-state index in [0.717, 1.165) is 63.2 Å². The topological polar surface area (TPSA) is 91.4 Å². The second-order valence-corrected chi connectivity index (χ2v) is 14.3. The summed E-state index contributed by atoms with van der Waals surface area (Å²) < 4.78 is 70.0. The molecule has 4 aliphatic heterocycles. The molecule has 3 aromatic rings. The zero-order valence-corrected chi connectivity index (χ0v) is 25.6. The van der Waals surface area contributed by atoms with Gasteiger partial charge in [-0.1, -0.05) is 0 Å². The Balaban J connectivity index is 1.14. The van der Waals surface area contributed by atoms with E-state index in [-0.39, 0.29) is 41.1 Å². The molecule has 0 amide bonds. The van der Waals surface area contributed by atoms with Crippen LogP contribution in [-0.4, -0.2) is 82.1 Å². The van der Waals surface area contributed by atoms with E-state index in [1.807, 2.05) is 0 Å². The molecule has 45 heavy (non-hydrogen) atoms. The molecule has 8 rings (SSSR count). The van der Waals surface area contributed by atoms with E-state index in [2.05, 4.69) is 32.2 Å². The van der Waals surface area contributed by atoms with E-state index in [0.29, 0.717) is 42.2 Å². The van der Waals surface area contributed by atoms with Gasteiger partial charge in [-0.3, -0.25) is 10.00 Å². The number of nitrogens with zero attached hydrogens (tertiary/aromatic N) is 5. The monoisotopic (exact) mass is 629 g/mol. The molecule has 0 radical (unpaired) electrons. The van der Waals surface area contributed by atoms with Crippen molar-refractivity contribution in [1.82, 2.24) is 30.4 Å². The molecule has 0 spiro atoms. The van der Waals surface area contributed by atoms with Gasteiger partial charge in [-0.2, -0.15) is 28.2 Å². The van der Waals surface area contributed by atoms with Crippen LogP contribution in [0.25, 0.3) is 10.9 Å². The van der Waals surface area contributed by atoms with Crippen molar-refractivity contribution in [1.29, 1.82) is 0 Å². The molecular formula is C32H39F4N7O2. The van der Waals surface area contributed by atoms with E-state index in [1.165, 1.54) is 19.2 Å². The molecule has 13 heteroatoms. The summed E-state index contributed by atoms with van der Waals surface area (Å²) in [6.45, 7) is 7.75. The van der Waals surface area contributed by atoms with Gasteiger partial charge in [0.15, 0.2) is 0 Å². The van der Waals surface area contributed by atoms with Crippen molar-refractivity contribution in [2.24, 2.45) is 5.41 Å². The summed E-state index contributed by atoms with van der Waals surface area (Å²) in [5.74, 6) is 0.742. The van der Waals surface area contributed by atoms with Crippen LogP contribution in [0.15, 0.2) is 12.3 Å². The average Bonchev–Trinajstić information content (AvgIpc) is 3.24. The minimum absolute atomic E-state index is 0.0437. The van der Waals surface area contributed by atoms with Crippen molar-refractivity contribution in [2.75, 3.05) is 44.2 Å². The minimum Gasteiger partial charge on any atom is -0.463 e. The lowest BCUT2D eigenvalue weighted by atomic mass is 9.90. The second kappa shape index (κ2) is 10.5. The maximum absolute atomic E-state index is 14.5. The summed E-state index contributed by atoms with van der Waals surface area (Å²) in [6.07, 6.45) is 0.101. The van der Waals surface area contributed by atoms with E-state index in [9.17, 15) is 17.6 Å². The number of hydrogen-bond acceptors (Lipinski definition) is 8. The number of anilines is 1. The predicted octanol–water partition coefficient (Wildman–Crippen LogP) is 5.03. The zero-order valence-electron chi connectivity index (χ0n) is 25.6. The highest BCUT2D eigenvalue weighted by Gasteiger charge is 2.47. The Morgan fingerprint density at radius 3 is 2.73 bits per heavy atom. The summed E-state index contributed by atoms with van der Waals surface area (Å²) in [5, 5.41) is 11.0. The summed E-state index contributed by atoms with van der Waals surface area (Å²) in [7, 11) is 0. The maximum atomic E-state index is 14.5. The highest BCUT2D eigenvalue weighted by Crippen LogP contribution is 2.48. The van der Waals surface area contributed by atoms with Gasteiger partial charge in [-0.05, 0) is 57.6 Å². The van der Waals surface area contributed by atoms with Gasteiger partial charge < -0.3 is 19.7 Å². The first-order valence-electron chi connectivity index (χ1n) is 16.0. The summed E-state index contributed by atoms with van der Waals surface area (Å²) >= 11 is 0. The number of nitrogens with one attached hydrogen (secondary N) is 2. The van der Waals surface area contributed by atoms with Crippen molar-refractivity contribution in [3.63, 3.8) is 0 Å². The lowest BCUT2D eigenvalue weighted by molar-refractivity contribution is -0.140. The number of ether oxygens (including phenoxy) is 2. The van der Waals surface area contributed by atoms with Crippen LogP contribution in [0.5, 0.6) is 6.01 Å². The first-order chi connectivity index (χ1) is 21.5. The van der Waals surface area contributed by atoms with Crippen LogP contribution >= 0.6 is 0 Å². The number of hydrogen-bond donors (Lipinski definition) is 2. The fourth-order valence-electron chi connectivity index (χ4n) is 8.16. The SMILES string of the molecule is Cc1cc2[nH]ncc2c(C2Cc3nc(OCC4(CN5CC[C@@H](F)C5)CC4)nc(N4C[C@H]5CC[C@@](C)(C4)N5)c3CO2)c1C(F)(F)F. The van der Waals surface area contributed by atoms with Crippen molar-refractivity contribution in [2.45, 2.75) is 89.0 Å². The quantitative estimate of drug-likeness (QED) is 0.352. The largest absolute Gasteiger partial charge is 0.463 e. The number of likely N-dealkylation sites (tertiary alicyclic amines) is 1. The maximum Gasteiger partial charge on any atom is 0.417 e. The van der Waals surface area contributed by atoms with E-state index < -0.39 is 24.0 Å². The lowest BCUT2D eigenvalue weighted by Gasteiger charge is -2.41. The number of benzene rings is 1. The lowest BCUT2D eigenvalue weighted by Crippen LogP contribution is -2.58. The van der Waals surface area contributed by atoms with Gasteiger partial charge in [-0.15, -0.1) is 0 Å². The molecule has 1 unspecified atom stereocenters. The van der Waals surface area contributed by atoms with Gasteiger partial charge in [0, 0.05) is 72.7 Å². The molecule has 4 atom stereocenters. The molecule has 1 aliphatic carbocycles. The fourth-order valence-corrected chi connectivity index (χ4v) is 8.16. The van der Waals surface area contributed by atoms with Crippen LogP contribution in [0.2, 0.25) is 0 Å². The van der Waals surface area contributed by atoms with Crippen LogP contribution in [0, 0.1) is 12.3 Å². The molecule has 1 saturated carbocycles. The van der Waals surface area contributed by atoms with Crippen LogP contribution in [0.1, 0.15) is 73.1 Å². The molecule has 6 heterocycles. The summed E-state index contributed by atoms with van der Waals surface area (Å²) in [4.78, 5) is 14.2. The second-order valence-electron chi connectivity index (χ2n) is 14.3. The van der Waals surface area contributed by atoms with Gasteiger partial charge in [0.25, 0.3) is 0 Å². The Morgan fingerprint density at radius 1 is 1.16 bits per heavy atom. The summed E-state index contributed by atoms with van der Waals surface area (Å²) in [6, 6.07) is 2.06. The van der Waals surface area contributed by atoms with Crippen LogP contribution in [-0.2, 0) is 23.9 Å². The van der Waals surface area contributed by atoms with Gasteiger partial charge in [0.1, 0.15) is 12.0 Å². The Bertz CT molecular complexity index is 1620. The number of aromatic nitrogens is 4. The molecule has 242 valence electrons. The number of H-pyrrole nitrogens is 1. The number of alkyl halides is 4. The molecule has 2 aromatic heterocycles. The van der Waals surface area contributed by atoms with Crippen molar-refractivity contribution in [3.8, 4) is 6.01 Å². The Labute approximate surface area is 259 Å². The number of rotatable bonds is 7. The average molecular weight is 630 g/mol. The van der Waals surface area contributed by atoms with E-state index in [1.54, 1.807) is 0 Å². The van der Waals surface area contributed by atoms with Crippen molar-refractivity contribution in [3.05, 3.63) is 40.2 Å². The van der Waals surface area contributed by atoms with Gasteiger partial charge in [0.05, 0.1) is 42.3 Å². The number of fused-ring (bicyclic) bond motifs is 4.